The maximum Gasteiger partial charge on any atom is 0.303 e. The summed E-state index contributed by atoms with van der Waals surface area (Å²) >= 11 is 0. The van der Waals surface area contributed by atoms with Crippen molar-refractivity contribution in [3.05, 3.63) is 47.0 Å². The molecule has 1 heterocycles. The van der Waals surface area contributed by atoms with E-state index in [2.05, 4.69) is 5.10 Å². The Hall–Kier alpha value is -2.70. The van der Waals surface area contributed by atoms with Crippen LogP contribution in [0.3, 0.4) is 0 Å². The van der Waals surface area contributed by atoms with Crippen LogP contribution in [0.15, 0.2) is 24.3 Å². The van der Waals surface area contributed by atoms with Gasteiger partial charge in [-0.25, -0.2) is 9.07 Å². The number of aromatic nitrogens is 2. The monoisotopic (exact) mass is 333 g/mol. The second-order valence-corrected chi connectivity index (χ2v) is 5.66. The van der Waals surface area contributed by atoms with E-state index in [0.717, 1.165) is 0 Å². The summed E-state index contributed by atoms with van der Waals surface area (Å²) in [4.78, 5) is 24.7. The number of hydrogen-bond donors (Lipinski definition) is 1. The topological polar surface area (TPSA) is 75.4 Å². The Balaban J connectivity index is 2.23. The van der Waals surface area contributed by atoms with Gasteiger partial charge in [0.05, 0.1) is 22.6 Å². The molecule has 1 aromatic heterocycles. The molecule has 1 N–H and O–H groups in total. The molecule has 2 rings (SSSR count). The number of aryl methyl sites for hydroxylation is 1. The number of benzene rings is 1. The minimum absolute atomic E-state index is 0.0183. The highest BCUT2D eigenvalue weighted by Gasteiger charge is 2.22. The van der Waals surface area contributed by atoms with Gasteiger partial charge in [0.15, 0.2) is 0 Å². The van der Waals surface area contributed by atoms with Crippen molar-refractivity contribution in [2.75, 3.05) is 13.6 Å². The van der Waals surface area contributed by atoms with Crippen molar-refractivity contribution in [1.29, 1.82) is 0 Å². The highest BCUT2D eigenvalue weighted by atomic mass is 19.1. The number of aliphatic carboxylic acids is 1. The van der Waals surface area contributed by atoms with Crippen molar-refractivity contribution in [1.82, 2.24) is 14.7 Å². The van der Waals surface area contributed by atoms with Crippen LogP contribution in [0, 0.1) is 19.7 Å². The molecule has 0 spiro atoms. The summed E-state index contributed by atoms with van der Waals surface area (Å²) in [7, 11) is 1.64. The first kappa shape index (κ1) is 17.7. The summed E-state index contributed by atoms with van der Waals surface area (Å²) in [6.07, 6.45) is 0.409. The van der Waals surface area contributed by atoms with Crippen molar-refractivity contribution in [2.45, 2.75) is 26.7 Å². The van der Waals surface area contributed by atoms with Gasteiger partial charge in [0.25, 0.3) is 5.91 Å². The van der Waals surface area contributed by atoms with E-state index in [-0.39, 0.29) is 18.1 Å². The van der Waals surface area contributed by atoms with Crippen LogP contribution < -0.4 is 0 Å². The Labute approximate surface area is 139 Å². The molecule has 0 bridgehead atoms. The Morgan fingerprint density at radius 3 is 2.46 bits per heavy atom. The number of rotatable bonds is 6. The van der Waals surface area contributed by atoms with Gasteiger partial charge in [-0.3, -0.25) is 9.59 Å². The zero-order valence-electron chi connectivity index (χ0n) is 13.9. The lowest BCUT2D eigenvalue weighted by Gasteiger charge is -2.17. The maximum atomic E-state index is 13.1. The summed E-state index contributed by atoms with van der Waals surface area (Å²) in [6, 6.07) is 5.87. The van der Waals surface area contributed by atoms with Crippen LogP contribution in [0.4, 0.5) is 4.39 Å². The molecular weight excluding hydrogens is 313 g/mol. The summed E-state index contributed by atoms with van der Waals surface area (Å²) in [5, 5.41) is 13.1. The summed E-state index contributed by atoms with van der Waals surface area (Å²) in [5.41, 5.74) is 2.39. The van der Waals surface area contributed by atoms with Crippen LogP contribution in [0.25, 0.3) is 5.69 Å². The number of nitrogens with zero attached hydrogens (tertiary/aromatic N) is 3. The molecule has 0 unspecified atom stereocenters. The average molecular weight is 333 g/mol. The van der Waals surface area contributed by atoms with E-state index in [1.54, 1.807) is 37.7 Å². The third-order valence-corrected chi connectivity index (χ3v) is 3.81. The number of carbonyl (C=O) groups is 2. The zero-order valence-corrected chi connectivity index (χ0v) is 13.9. The fourth-order valence-corrected chi connectivity index (χ4v) is 2.55. The standard InChI is InChI=1S/C17H20FN3O3/c1-11-16(17(24)20(3)10-4-5-15(22)23)12(2)21(19-11)14-8-6-13(18)7-9-14/h6-9H,4-5,10H2,1-3H3,(H,22,23). The fourth-order valence-electron chi connectivity index (χ4n) is 2.55. The van der Waals surface area contributed by atoms with E-state index in [1.807, 2.05) is 0 Å². The Bertz CT molecular complexity index is 753. The third-order valence-electron chi connectivity index (χ3n) is 3.81. The van der Waals surface area contributed by atoms with Crippen LogP contribution in [0.2, 0.25) is 0 Å². The molecule has 24 heavy (non-hydrogen) atoms. The minimum Gasteiger partial charge on any atom is -0.481 e. The predicted octanol–water partition coefficient (Wildman–Crippen LogP) is 2.57. The van der Waals surface area contributed by atoms with E-state index < -0.39 is 5.97 Å². The molecule has 0 fully saturated rings. The van der Waals surface area contributed by atoms with Gasteiger partial charge in [0.1, 0.15) is 5.82 Å². The van der Waals surface area contributed by atoms with Gasteiger partial charge in [-0.05, 0) is 44.5 Å². The van der Waals surface area contributed by atoms with E-state index in [4.69, 9.17) is 5.11 Å². The predicted molar refractivity (Wildman–Crippen MR) is 86.8 cm³/mol. The Morgan fingerprint density at radius 1 is 1.25 bits per heavy atom. The normalized spacial score (nSPS) is 10.7. The molecular formula is C17H20FN3O3. The smallest absolute Gasteiger partial charge is 0.303 e. The molecule has 1 aromatic carbocycles. The van der Waals surface area contributed by atoms with Crippen LogP contribution in [0.1, 0.15) is 34.6 Å². The number of halogens is 1. The first-order chi connectivity index (χ1) is 11.3. The van der Waals surface area contributed by atoms with Crippen molar-refractivity contribution < 1.29 is 19.1 Å². The van der Waals surface area contributed by atoms with Crippen LogP contribution in [-0.2, 0) is 4.79 Å². The van der Waals surface area contributed by atoms with Gasteiger partial charge >= 0.3 is 5.97 Å². The van der Waals surface area contributed by atoms with Gasteiger partial charge in [0.2, 0.25) is 0 Å². The van der Waals surface area contributed by atoms with E-state index in [0.29, 0.717) is 35.6 Å². The molecule has 6 nitrogen and oxygen atoms in total. The quantitative estimate of drug-likeness (QED) is 0.881. The Kier molecular flexibility index (Phi) is 5.33. The summed E-state index contributed by atoms with van der Waals surface area (Å²) in [6.45, 7) is 3.87. The van der Waals surface area contributed by atoms with Crippen molar-refractivity contribution in [3.8, 4) is 5.69 Å². The first-order valence-electron chi connectivity index (χ1n) is 7.60. The second kappa shape index (κ2) is 7.25. The molecule has 0 radical (unpaired) electrons. The second-order valence-electron chi connectivity index (χ2n) is 5.66. The van der Waals surface area contributed by atoms with Gasteiger partial charge < -0.3 is 10.0 Å². The molecule has 0 aliphatic heterocycles. The lowest BCUT2D eigenvalue weighted by atomic mass is 10.1. The first-order valence-corrected chi connectivity index (χ1v) is 7.60. The van der Waals surface area contributed by atoms with Gasteiger partial charge in [-0.1, -0.05) is 0 Å². The summed E-state index contributed by atoms with van der Waals surface area (Å²) < 4.78 is 14.7. The highest BCUT2D eigenvalue weighted by molar-refractivity contribution is 5.96. The van der Waals surface area contributed by atoms with Gasteiger partial charge in [-0.2, -0.15) is 5.10 Å². The number of carboxylic acids is 1. The molecule has 0 saturated carbocycles. The van der Waals surface area contributed by atoms with E-state index in [9.17, 15) is 14.0 Å². The Morgan fingerprint density at radius 2 is 1.88 bits per heavy atom. The van der Waals surface area contributed by atoms with E-state index >= 15 is 0 Å². The van der Waals surface area contributed by atoms with Crippen molar-refractivity contribution >= 4 is 11.9 Å². The number of amides is 1. The highest BCUT2D eigenvalue weighted by Crippen LogP contribution is 2.19. The SMILES string of the molecule is Cc1nn(-c2ccc(F)cc2)c(C)c1C(=O)N(C)CCCC(=O)O. The van der Waals surface area contributed by atoms with Gasteiger partial charge in [0, 0.05) is 20.0 Å². The molecule has 0 saturated heterocycles. The van der Waals surface area contributed by atoms with Crippen LogP contribution >= 0.6 is 0 Å². The lowest BCUT2D eigenvalue weighted by molar-refractivity contribution is -0.137. The number of carboxylic acid groups (broad SMARTS) is 1. The van der Waals surface area contributed by atoms with Crippen LogP contribution in [0.5, 0.6) is 0 Å². The van der Waals surface area contributed by atoms with E-state index in [1.165, 1.54) is 17.0 Å². The molecule has 128 valence electrons. The van der Waals surface area contributed by atoms with Crippen molar-refractivity contribution in [2.24, 2.45) is 0 Å². The molecule has 1 amide bonds. The molecule has 0 aliphatic rings. The molecule has 0 aliphatic carbocycles. The molecule has 2 aromatic rings. The fraction of sp³-hybridized carbons (Fsp3) is 0.353. The number of carbonyl (C=O) groups excluding carboxylic acids is 1. The van der Waals surface area contributed by atoms with Gasteiger partial charge in [-0.15, -0.1) is 0 Å². The summed E-state index contributed by atoms with van der Waals surface area (Å²) in [5.74, 6) is -1.43. The average Bonchev–Trinajstić information content (AvgIpc) is 2.81. The zero-order chi connectivity index (χ0) is 17.9. The molecule has 7 heteroatoms. The molecule has 0 atom stereocenters. The van der Waals surface area contributed by atoms with Crippen molar-refractivity contribution in [3.63, 3.8) is 0 Å². The lowest BCUT2D eigenvalue weighted by Crippen LogP contribution is -2.29. The van der Waals surface area contributed by atoms with Crippen LogP contribution in [-0.4, -0.2) is 45.3 Å². The number of hydrogen-bond acceptors (Lipinski definition) is 3. The third kappa shape index (κ3) is 3.79. The maximum absolute atomic E-state index is 13.1. The minimum atomic E-state index is -0.882. The largest absolute Gasteiger partial charge is 0.481 e.